The second-order valence-electron chi connectivity index (χ2n) is 6.83. The van der Waals surface area contributed by atoms with Crippen LogP contribution in [0.5, 0.6) is 0 Å². The molecule has 1 aliphatic heterocycles. The van der Waals surface area contributed by atoms with Crippen LogP contribution in [0.15, 0.2) is 0 Å². The normalized spacial score (nSPS) is 31.2. The third-order valence-electron chi connectivity index (χ3n) is 5.06. The van der Waals surface area contributed by atoms with Crippen molar-refractivity contribution >= 4 is 0 Å². The van der Waals surface area contributed by atoms with Gasteiger partial charge in [0.2, 0.25) is 0 Å². The summed E-state index contributed by atoms with van der Waals surface area (Å²) in [5, 5.41) is 14.1. The van der Waals surface area contributed by atoms with Crippen LogP contribution < -0.4 is 5.32 Å². The minimum absolute atomic E-state index is 0.535. The highest BCUT2D eigenvalue weighted by Crippen LogP contribution is 2.26. The molecule has 0 bridgehead atoms. The fourth-order valence-corrected chi connectivity index (χ4v) is 3.86. The predicted octanol–water partition coefficient (Wildman–Crippen LogP) is 1.63. The molecule has 0 aromatic carbocycles. The van der Waals surface area contributed by atoms with E-state index >= 15 is 0 Å². The molecule has 4 heteroatoms. The number of nitrogens with zero attached hydrogens (tertiary/aromatic N) is 1. The first kappa shape index (κ1) is 16.2. The Balaban J connectivity index is 1.83. The van der Waals surface area contributed by atoms with Crippen LogP contribution >= 0.6 is 0 Å². The van der Waals surface area contributed by atoms with E-state index in [0.717, 1.165) is 31.8 Å². The van der Waals surface area contributed by atoms with Crippen molar-refractivity contribution in [2.45, 2.75) is 56.6 Å². The summed E-state index contributed by atoms with van der Waals surface area (Å²) in [5.74, 6) is 0.718. The number of likely N-dealkylation sites (N-methyl/N-ethyl adjacent to an activating group) is 1. The number of hydrogen-bond donors (Lipinski definition) is 2. The Morgan fingerprint density at radius 1 is 1.20 bits per heavy atom. The second-order valence-corrected chi connectivity index (χ2v) is 6.83. The zero-order valence-corrected chi connectivity index (χ0v) is 13.2. The lowest BCUT2D eigenvalue weighted by atomic mass is 9.91. The molecule has 1 aliphatic carbocycles. The van der Waals surface area contributed by atoms with Crippen LogP contribution in [-0.4, -0.2) is 62.0 Å². The molecule has 2 unspecified atom stereocenters. The first-order valence-electron chi connectivity index (χ1n) is 8.29. The minimum atomic E-state index is -0.535. The van der Waals surface area contributed by atoms with E-state index in [1.807, 2.05) is 0 Å². The molecule has 0 aromatic rings. The lowest BCUT2D eigenvalue weighted by Crippen LogP contribution is -2.48. The Bertz CT molecular complexity index is 280. The van der Waals surface area contributed by atoms with Gasteiger partial charge in [-0.2, -0.15) is 0 Å². The molecule has 2 N–H and O–H groups in total. The van der Waals surface area contributed by atoms with Gasteiger partial charge in [0.1, 0.15) is 0 Å². The van der Waals surface area contributed by atoms with Crippen molar-refractivity contribution < 1.29 is 9.84 Å². The van der Waals surface area contributed by atoms with Crippen LogP contribution in [0, 0.1) is 5.92 Å². The van der Waals surface area contributed by atoms with Gasteiger partial charge in [0.15, 0.2) is 0 Å². The van der Waals surface area contributed by atoms with E-state index in [1.54, 1.807) is 0 Å². The van der Waals surface area contributed by atoms with Gasteiger partial charge < -0.3 is 20.1 Å². The first-order chi connectivity index (χ1) is 9.63. The second kappa shape index (κ2) is 7.74. The summed E-state index contributed by atoms with van der Waals surface area (Å²) in [5.41, 5.74) is -0.535. The molecule has 2 fully saturated rings. The number of nitrogens with one attached hydrogen (secondary N) is 1. The van der Waals surface area contributed by atoms with E-state index < -0.39 is 5.60 Å². The average Bonchev–Trinajstić information content (AvgIpc) is 2.63. The summed E-state index contributed by atoms with van der Waals surface area (Å²) in [6.45, 7) is 3.28. The summed E-state index contributed by atoms with van der Waals surface area (Å²) in [6.07, 6.45) is 8.25. The standard InChI is InChI=1S/C16H32N2O2/c1-17-15-7-5-3-4-6-14(15)12-18(2)13-16(19)8-10-20-11-9-16/h14-15,17,19H,3-13H2,1-2H3. The molecule has 0 aromatic heterocycles. The SMILES string of the molecule is CNC1CCCCCC1CN(C)CC1(O)CCOCC1. The van der Waals surface area contributed by atoms with Crippen molar-refractivity contribution in [2.24, 2.45) is 5.92 Å². The van der Waals surface area contributed by atoms with E-state index in [2.05, 4.69) is 24.3 Å². The molecule has 4 nitrogen and oxygen atoms in total. The maximum Gasteiger partial charge on any atom is 0.0817 e. The summed E-state index contributed by atoms with van der Waals surface area (Å²) in [6, 6.07) is 0.643. The van der Waals surface area contributed by atoms with Crippen LogP contribution in [0.1, 0.15) is 44.9 Å². The Hall–Kier alpha value is -0.160. The number of rotatable bonds is 5. The zero-order chi connectivity index (χ0) is 14.4. The van der Waals surface area contributed by atoms with Gasteiger partial charge in [0.05, 0.1) is 5.60 Å². The molecular formula is C16H32N2O2. The van der Waals surface area contributed by atoms with E-state index in [1.165, 1.54) is 32.1 Å². The van der Waals surface area contributed by atoms with Gasteiger partial charge in [0.25, 0.3) is 0 Å². The molecule has 1 saturated carbocycles. The predicted molar refractivity (Wildman–Crippen MR) is 81.9 cm³/mol. The molecule has 20 heavy (non-hydrogen) atoms. The lowest BCUT2D eigenvalue weighted by Gasteiger charge is -2.37. The summed E-state index contributed by atoms with van der Waals surface area (Å²) >= 11 is 0. The van der Waals surface area contributed by atoms with Gasteiger partial charge >= 0.3 is 0 Å². The lowest BCUT2D eigenvalue weighted by molar-refractivity contribution is -0.0785. The Kier molecular flexibility index (Phi) is 6.27. The highest BCUT2D eigenvalue weighted by atomic mass is 16.5. The van der Waals surface area contributed by atoms with Crippen molar-refractivity contribution in [3.63, 3.8) is 0 Å². The molecule has 0 radical (unpaired) electrons. The van der Waals surface area contributed by atoms with Crippen molar-refractivity contribution in [1.82, 2.24) is 10.2 Å². The largest absolute Gasteiger partial charge is 0.388 e. The number of ether oxygens (including phenoxy) is 1. The molecule has 2 aliphatic rings. The van der Waals surface area contributed by atoms with Crippen LogP contribution in [0.2, 0.25) is 0 Å². The zero-order valence-electron chi connectivity index (χ0n) is 13.2. The fourth-order valence-electron chi connectivity index (χ4n) is 3.86. The van der Waals surface area contributed by atoms with E-state index in [-0.39, 0.29) is 0 Å². The monoisotopic (exact) mass is 284 g/mol. The molecule has 1 saturated heterocycles. The van der Waals surface area contributed by atoms with Gasteiger partial charge in [-0.25, -0.2) is 0 Å². The van der Waals surface area contributed by atoms with Crippen molar-refractivity contribution in [3.05, 3.63) is 0 Å². The van der Waals surface area contributed by atoms with E-state index in [4.69, 9.17) is 4.74 Å². The molecule has 1 heterocycles. The smallest absolute Gasteiger partial charge is 0.0817 e. The van der Waals surface area contributed by atoms with Gasteiger partial charge in [-0.05, 0) is 32.9 Å². The third-order valence-corrected chi connectivity index (χ3v) is 5.06. The van der Waals surface area contributed by atoms with Crippen LogP contribution in [0.4, 0.5) is 0 Å². The molecule has 118 valence electrons. The molecule has 0 amide bonds. The first-order valence-corrected chi connectivity index (χ1v) is 8.29. The Labute approximate surface area is 123 Å². The molecular weight excluding hydrogens is 252 g/mol. The number of hydrogen-bond acceptors (Lipinski definition) is 4. The van der Waals surface area contributed by atoms with Crippen LogP contribution in [0.25, 0.3) is 0 Å². The van der Waals surface area contributed by atoms with Gasteiger partial charge in [0, 0.05) is 45.2 Å². The molecule has 0 spiro atoms. The summed E-state index contributed by atoms with van der Waals surface area (Å²) in [4.78, 5) is 2.34. The maximum atomic E-state index is 10.6. The minimum Gasteiger partial charge on any atom is -0.388 e. The van der Waals surface area contributed by atoms with Crippen molar-refractivity contribution in [3.8, 4) is 0 Å². The summed E-state index contributed by atoms with van der Waals surface area (Å²) in [7, 11) is 4.25. The van der Waals surface area contributed by atoms with Gasteiger partial charge in [-0.3, -0.25) is 0 Å². The topological polar surface area (TPSA) is 44.7 Å². The van der Waals surface area contributed by atoms with Crippen LogP contribution in [-0.2, 0) is 4.74 Å². The third kappa shape index (κ3) is 4.69. The van der Waals surface area contributed by atoms with E-state index in [0.29, 0.717) is 19.3 Å². The maximum absolute atomic E-state index is 10.6. The molecule has 2 atom stereocenters. The Morgan fingerprint density at radius 2 is 1.90 bits per heavy atom. The summed E-state index contributed by atoms with van der Waals surface area (Å²) < 4.78 is 5.36. The van der Waals surface area contributed by atoms with E-state index in [9.17, 15) is 5.11 Å². The van der Waals surface area contributed by atoms with Crippen LogP contribution in [0.3, 0.4) is 0 Å². The average molecular weight is 284 g/mol. The van der Waals surface area contributed by atoms with Crippen molar-refractivity contribution in [1.29, 1.82) is 0 Å². The number of aliphatic hydroxyl groups is 1. The van der Waals surface area contributed by atoms with Gasteiger partial charge in [-0.15, -0.1) is 0 Å². The highest BCUT2D eigenvalue weighted by Gasteiger charge is 2.32. The fraction of sp³-hybridized carbons (Fsp3) is 1.00. The van der Waals surface area contributed by atoms with Gasteiger partial charge in [-0.1, -0.05) is 19.3 Å². The van der Waals surface area contributed by atoms with Crippen molar-refractivity contribution in [2.75, 3.05) is 40.4 Å². The highest BCUT2D eigenvalue weighted by molar-refractivity contribution is 4.86. The molecule has 2 rings (SSSR count). The quantitative estimate of drug-likeness (QED) is 0.753. The Morgan fingerprint density at radius 3 is 2.60 bits per heavy atom.